The average molecular weight is 488 g/mol. The van der Waals surface area contributed by atoms with Gasteiger partial charge < -0.3 is 25.2 Å². The predicted octanol–water partition coefficient (Wildman–Crippen LogP) is 2.26. The van der Waals surface area contributed by atoms with Crippen LogP contribution >= 0.6 is 0 Å². The molecule has 1 aliphatic carbocycles. The van der Waals surface area contributed by atoms with Crippen molar-refractivity contribution in [2.24, 2.45) is 0 Å². The second-order valence-electron chi connectivity index (χ2n) is 9.08. The Kier molecular flexibility index (Phi) is 6.70. The van der Waals surface area contributed by atoms with Crippen LogP contribution in [0.5, 0.6) is 0 Å². The minimum Gasteiger partial charge on any atom is -0.480 e. The second-order valence-corrected chi connectivity index (χ2v) is 9.08. The fourth-order valence-corrected chi connectivity index (χ4v) is 3.89. The number of halogens is 2. The van der Waals surface area contributed by atoms with Gasteiger partial charge in [-0.15, -0.1) is 0 Å². The molecule has 0 spiro atoms. The summed E-state index contributed by atoms with van der Waals surface area (Å²) < 4.78 is 26.6. The number of nitrogens with one attached hydrogen (secondary N) is 2. The number of hydrogen-bond acceptors (Lipinski definition) is 6. The molecule has 0 bridgehead atoms. The van der Waals surface area contributed by atoms with E-state index in [-0.39, 0.29) is 12.8 Å². The normalized spacial score (nSPS) is 20.4. The Morgan fingerprint density at radius 2 is 1.91 bits per heavy atom. The van der Waals surface area contributed by atoms with Crippen LogP contribution < -0.4 is 10.6 Å². The van der Waals surface area contributed by atoms with Crippen LogP contribution in [0.2, 0.25) is 0 Å². The van der Waals surface area contributed by atoms with Gasteiger partial charge in [0.2, 0.25) is 0 Å². The maximum atomic E-state index is 12.4. The molecule has 5 rings (SSSR count). The molecule has 2 aromatic rings. The van der Waals surface area contributed by atoms with Crippen molar-refractivity contribution in [3.05, 3.63) is 47.9 Å². The summed E-state index contributed by atoms with van der Waals surface area (Å²) in [4.78, 5) is 40.5. The van der Waals surface area contributed by atoms with Crippen molar-refractivity contribution >= 4 is 34.9 Å². The topological polar surface area (TPSA) is 117 Å². The van der Waals surface area contributed by atoms with Crippen LogP contribution in [0, 0.1) is 0 Å². The maximum absolute atomic E-state index is 12.4. The van der Waals surface area contributed by atoms with E-state index in [0.29, 0.717) is 49.4 Å². The third kappa shape index (κ3) is 5.56. The highest BCUT2D eigenvalue weighted by Gasteiger charge is 2.52. The molecule has 1 saturated carbocycles. The van der Waals surface area contributed by atoms with Gasteiger partial charge >= 0.3 is 5.97 Å². The lowest BCUT2D eigenvalue weighted by molar-refractivity contribution is -0.142. The summed E-state index contributed by atoms with van der Waals surface area (Å²) in [7, 11) is 1.87. The van der Waals surface area contributed by atoms with Crippen LogP contribution in [0.15, 0.2) is 42.4 Å². The van der Waals surface area contributed by atoms with E-state index in [1.54, 1.807) is 18.2 Å². The number of carbonyl (C=O) groups is 3. The van der Waals surface area contributed by atoms with E-state index in [2.05, 4.69) is 15.6 Å². The zero-order chi connectivity index (χ0) is 25.2. The SMILES string of the molecule is CN1CCC(F)(F)CC1.O=Cc1cnc2c(ccn2C2=CC=C(C(=O)NC3(C(=O)O)CC3)NC2)c1. The van der Waals surface area contributed by atoms with Gasteiger partial charge in [0.1, 0.15) is 16.9 Å². The molecule has 1 amide bonds. The highest BCUT2D eigenvalue weighted by Crippen LogP contribution is 2.35. The number of aromatic nitrogens is 2. The molecule has 9 nitrogen and oxygen atoms in total. The van der Waals surface area contributed by atoms with Crippen LogP contribution in [0.3, 0.4) is 0 Å². The number of hydrogen-bond donors (Lipinski definition) is 3. The number of nitrogens with zero attached hydrogens (tertiary/aromatic N) is 3. The molecule has 0 unspecified atom stereocenters. The summed E-state index contributed by atoms with van der Waals surface area (Å²) in [6, 6.07) is 3.63. The van der Waals surface area contributed by atoms with E-state index in [1.165, 1.54) is 6.20 Å². The molecule has 11 heteroatoms. The Morgan fingerprint density at radius 3 is 2.46 bits per heavy atom. The Labute approximate surface area is 200 Å². The smallest absolute Gasteiger partial charge is 0.329 e. The van der Waals surface area contributed by atoms with Crippen molar-refractivity contribution in [1.29, 1.82) is 0 Å². The summed E-state index contributed by atoms with van der Waals surface area (Å²) in [5.74, 6) is -3.81. The van der Waals surface area contributed by atoms with Crippen LogP contribution in [0.25, 0.3) is 16.7 Å². The van der Waals surface area contributed by atoms with E-state index in [0.717, 1.165) is 17.4 Å². The lowest BCUT2D eigenvalue weighted by atomic mass is 10.1. The Morgan fingerprint density at radius 1 is 1.20 bits per heavy atom. The van der Waals surface area contributed by atoms with Crippen molar-refractivity contribution in [1.82, 2.24) is 25.1 Å². The van der Waals surface area contributed by atoms with Gasteiger partial charge in [0.15, 0.2) is 6.29 Å². The molecular weight excluding hydrogens is 460 g/mol. The molecule has 2 aliphatic heterocycles. The van der Waals surface area contributed by atoms with Gasteiger partial charge in [-0.1, -0.05) is 0 Å². The minimum absolute atomic E-state index is 0.0312. The third-order valence-electron chi connectivity index (χ3n) is 6.37. The van der Waals surface area contributed by atoms with Crippen LogP contribution in [0.4, 0.5) is 8.78 Å². The van der Waals surface area contributed by atoms with E-state index < -0.39 is 23.3 Å². The van der Waals surface area contributed by atoms with Gasteiger partial charge in [0, 0.05) is 55.0 Å². The highest BCUT2D eigenvalue weighted by atomic mass is 19.3. The predicted molar refractivity (Wildman–Crippen MR) is 125 cm³/mol. The molecule has 0 aromatic carbocycles. The lowest BCUT2D eigenvalue weighted by Crippen LogP contribution is -2.46. The summed E-state index contributed by atoms with van der Waals surface area (Å²) in [5.41, 5.74) is 1.32. The summed E-state index contributed by atoms with van der Waals surface area (Å²) in [6.07, 6.45) is 8.49. The number of fused-ring (bicyclic) bond motifs is 1. The average Bonchev–Trinajstić information content (AvgIpc) is 3.51. The number of pyridine rings is 1. The molecule has 0 atom stereocenters. The fraction of sp³-hybridized carbons (Fsp3) is 0.417. The molecule has 3 aliphatic rings. The summed E-state index contributed by atoms with van der Waals surface area (Å²) in [5, 5.41) is 15.6. The van der Waals surface area contributed by atoms with Gasteiger partial charge in [-0.2, -0.15) is 0 Å². The first-order valence-electron chi connectivity index (χ1n) is 11.3. The number of piperidine rings is 1. The van der Waals surface area contributed by atoms with Crippen LogP contribution in [0.1, 0.15) is 36.0 Å². The van der Waals surface area contributed by atoms with Gasteiger partial charge in [0.25, 0.3) is 11.8 Å². The largest absolute Gasteiger partial charge is 0.480 e. The van der Waals surface area contributed by atoms with E-state index >= 15 is 0 Å². The fourth-order valence-electron chi connectivity index (χ4n) is 3.89. The number of carboxylic acids is 1. The third-order valence-corrected chi connectivity index (χ3v) is 6.37. The van der Waals surface area contributed by atoms with Gasteiger partial charge in [-0.25, -0.2) is 18.6 Å². The number of amides is 1. The first kappa shape index (κ1) is 24.5. The number of carboxylic acid groups (broad SMARTS) is 1. The van der Waals surface area contributed by atoms with Crippen molar-refractivity contribution in [3.63, 3.8) is 0 Å². The Bertz CT molecular complexity index is 1210. The van der Waals surface area contributed by atoms with Crippen molar-refractivity contribution in [2.75, 3.05) is 26.7 Å². The second kappa shape index (κ2) is 9.57. The van der Waals surface area contributed by atoms with Crippen LogP contribution in [-0.2, 0) is 9.59 Å². The molecule has 4 heterocycles. The molecular formula is C24H27F2N5O4. The lowest BCUT2D eigenvalue weighted by Gasteiger charge is -2.28. The molecule has 2 aromatic heterocycles. The standard InChI is InChI=1S/C18H16N4O4.C6H11F2N/c23-10-11-7-12-3-6-22(15(12)20-8-11)13-1-2-14(19-9-13)16(24)21-18(4-5-18)17(25)26;1-9-4-2-6(7,8)3-5-9/h1-3,6-8,10,19H,4-5,9H2,(H,21,24)(H,25,26);2-5H2,1H3. The quantitative estimate of drug-likeness (QED) is 0.554. The molecule has 186 valence electrons. The highest BCUT2D eigenvalue weighted by molar-refractivity contribution is 5.99. The van der Waals surface area contributed by atoms with Crippen LogP contribution in [-0.4, -0.2) is 75.9 Å². The summed E-state index contributed by atoms with van der Waals surface area (Å²) in [6.45, 7) is 1.46. The molecule has 1 saturated heterocycles. The van der Waals surface area contributed by atoms with Crippen molar-refractivity contribution in [2.45, 2.75) is 37.1 Å². The Hall–Kier alpha value is -3.60. The first-order chi connectivity index (χ1) is 16.6. The Balaban J connectivity index is 0.000000271. The number of carbonyl (C=O) groups excluding carboxylic acids is 2. The number of dihydropyridines is 1. The number of allylic oxidation sites excluding steroid dienone is 2. The first-order valence-corrected chi connectivity index (χ1v) is 11.3. The van der Waals surface area contributed by atoms with Gasteiger partial charge in [-0.3, -0.25) is 9.59 Å². The number of likely N-dealkylation sites (tertiary alicyclic amines) is 1. The van der Waals surface area contributed by atoms with E-state index in [1.807, 2.05) is 28.8 Å². The number of aldehydes is 1. The van der Waals surface area contributed by atoms with E-state index in [9.17, 15) is 23.2 Å². The minimum atomic E-state index is -2.38. The zero-order valence-corrected chi connectivity index (χ0v) is 19.3. The molecule has 3 N–H and O–H groups in total. The van der Waals surface area contributed by atoms with E-state index in [4.69, 9.17) is 5.11 Å². The summed E-state index contributed by atoms with van der Waals surface area (Å²) >= 11 is 0. The molecule has 0 radical (unpaired) electrons. The van der Waals surface area contributed by atoms with Crippen molar-refractivity contribution < 1.29 is 28.3 Å². The molecule has 35 heavy (non-hydrogen) atoms. The number of aliphatic carboxylic acids is 1. The zero-order valence-electron chi connectivity index (χ0n) is 19.3. The van der Waals surface area contributed by atoms with Crippen molar-refractivity contribution in [3.8, 4) is 0 Å². The van der Waals surface area contributed by atoms with Gasteiger partial charge in [0.05, 0.1) is 6.54 Å². The monoisotopic (exact) mass is 487 g/mol. The maximum Gasteiger partial charge on any atom is 0.329 e. The number of alkyl halides is 2. The molecule has 2 fully saturated rings. The van der Waals surface area contributed by atoms with Gasteiger partial charge in [-0.05, 0) is 44.2 Å². The number of rotatable bonds is 5.